The highest BCUT2D eigenvalue weighted by molar-refractivity contribution is 6.20. The van der Waals surface area contributed by atoms with Gasteiger partial charge in [-0.05, 0) is 24.6 Å². The Morgan fingerprint density at radius 3 is 2.58 bits per heavy atom. The average Bonchev–Trinajstić information content (AvgIpc) is 2.37. The molecule has 0 spiro atoms. The Labute approximate surface area is 108 Å². The van der Waals surface area contributed by atoms with Crippen molar-refractivity contribution in [3.05, 3.63) is 35.4 Å². The Morgan fingerprint density at radius 2 is 2.05 bits per heavy atom. The Morgan fingerprint density at radius 1 is 1.37 bits per heavy atom. The quantitative estimate of drug-likeness (QED) is 0.471. The molecule has 0 heterocycles. The molecule has 0 radical (unpaired) electrons. The first-order chi connectivity index (χ1) is 8.99. The Balaban J connectivity index is 3.29. The molecule has 100 valence electrons. The van der Waals surface area contributed by atoms with Crippen LogP contribution >= 0.6 is 0 Å². The van der Waals surface area contributed by atoms with E-state index in [-0.39, 0.29) is 29.1 Å². The van der Waals surface area contributed by atoms with Gasteiger partial charge in [0.2, 0.25) is 0 Å². The molecule has 1 aromatic carbocycles. The van der Waals surface area contributed by atoms with Crippen molar-refractivity contribution in [2.45, 2.75) is 6.92 Å². The number of hydrogen-bond donors (Lipinski definition) is 2. The molecule has 2 N–H and O–H groups in total. The first kappa shape index (κ1) is 14.4. The summed E-state index contributed by atoms with van der Waals surface area (Å²) in [6.07, 6.45) is 1.10. The second-order valence-corrected chi connectivity index (χ2v) is 3.51. The fraction of sp³-hybridized carbons (Fsp3) is 0.154. The van der Waals surface area contributed by atoms with Crippen LogP contribution in [0.25, 0.3) is 5.57 Å². The molecule has 0 aliphatic rings. The molecule has 0 aromatic heterocycles. The van der Waals surface area contributed by atoms with Crippen molar-refractivity contribution in [1.82, 2.24) is 0 Å². The van der Waals surface area contributed by atoms with Gasteiger partial charge in [-0.1, -0.05) is 6.07 Å². The van der Waals surface area contributed by atoms with Gasteiger partial charge in [0.25, 0.3) is 0 Å². The maximum atomic E-state index is 11.7. The van der Waals surface area contributed by atoms with E-state index in [4.69, 9.17) is 9.84 Å². The maximum Gasteiger partial charge on any atom is 0.338 e. The van der Waals surface area contributed by atoms with Gasteiger partial charge in [0, 0.05) is 6.08 Å². The lowest BCUT2D eigenvalue weighted by atomic mass is 10.0. The van der Waals surface area contributed by atoms with Crippen LogP contribution in [0.1, 0.15) is 22.8 Å². The number of aliphatic carboxylic acids is 1. The summed E-state index contributed by atoms with van der Waals surface area (Å²) >= 11 is 0. The van der Waals surface area contributed by atoms with Crippen molar-refractivity contribution in [3.63, 3.8) is 0 Å². The number of aromatic hydroxyl groups is 1. The van der Waals surface area contributed by atoms with Gasteiger partial charge in [-0.3, -0.25) is 4.79 Å². The number of phenols is 1. The van der Waals surface area contributed by atoms with Crippen molar-refractivity contribution in [2.75, 3.05) is 6.61 Å². The lowest BCUT2D eigenvalue weighted by Crippen LogP contribution is -2.09. The number of carboxylic acid groups (broad SMARTS) is 1. The molecule has 0 amide bonds. The zero-order valence-corrected chi connectivity index (χ0v) is 10.1. The zero-order chi connectivity index (χ0) is 14.4. The molecule has 0 bridgehead atoms. The number of carbonyl (C=O) groups is 3. The van der Waals surface area contributed by atoms with Gasteiger partial charge < -0.3 is 14.9 Å². The number of ether oxygens (including phenoxy) is 1. The molecular formula is C13H12O6. The molecule has 0 atom stereocenters. The molecule has 0 fully saturated rings. The predicted molar refractivity (Wildman–Crippen MR) is 65.7 cm³/mol. The molecule has 0 aliphatic carbocycles. The highest BCUT2D eigenvalue weighted by Crippen LogP contribution is 2.23. The van der Waals surface area contributed by atoms with E-state index >= 15 is 0 Å². The van der Waals surface area contributed by atoms with Gasteiger partial charge in [0.15, 0.2) is 6.29 Å². The van der Waals surface area contributed by atoms with E-state index < -0.39 is 11.9 Å². The number of esters is 1. The Kier molecular flexibility index (Phi) is 4.82. The van der Waals surface area contributed by atoms with Crippen molar-refractivity contribution in [1.29, 1.82) is 0 Å². The van der Waals surface area contributed by atoms with E-state index in [9.17, 15) is 19.5 Å². The Hall–Kier alpha value is -2.63. The SMILES string of the molecule is CCOC(=O)C(=CC(=O)O)c1ccc(O)c(C=O)c1. The number of rotatable bonds is 5. The first-order valence-electron chi connectivity index (χ1n) is 5.40. The third kappa shape index (κ3) is 3.67. The molecule has 6 nitrogen and oxygen atoms in total. The summed E-state index contributed by atoms with van der Waals surface area (Å²) in [5.41, 5.74) is -0.0590. The van der Waals surface area contributed by atoms with Gasteiger partial charge in [0.05, 0.1) is 17.7 Å². The summed E-state index contributed by atoms with van der Waals surface area (Å²) < 4.78 is 4.74. The van der Waals surface area contributed by atoms with Crippen LogP contribution in [-0.4, -0.2) is 35.0 Å². The lowest BCUT2D eigenvalue weighted by Gasteiger charge is -2.07. The number of carboxylic acids is 1. The van der Waals surface area contributed by atoms with Crippen molar-refractivity contribution >= 4 is 23.8 Å². The van der Waals surface area contributed by atoms with Crippen molar-refractivity contribution in [2.24, 2.45) is 0 Å². The summed E-state index contributed by atoms with van der Waals surface area (Å²) in [6.45, 7) is 1.68. The van der Waals surface area contributed by atoms with Crippen LogP contribution in [0.15, 0.2) is 24.3 Å². The molecule has 1 aromatic rings. The molecule has 1 rings (SSSR count). The maximum absolute atomic E-state index is 11.7. The van der Waals surface area contributed by atoms with Crippen LogP contribution in [-0.2, 0) is 14.3 Å². The highest BCUT2D eigenvalue weighted by atomic mass is 16.5. The van der Waals surface area contributed by atoms with E-state index in [1.807, 2.05) is 0 Å². The molecule has 6 heteroatoms. The summed E-state index contributed by atoms with van der Waals surface area (Å²) in [5.74, 6) is -2.38. The molecule has 0 saturated heterocycles. The number of benzene rings is 1. The largest absolute Gasteiger partial charge is 0.507 e. The van der Waals surface area contributed by atoms with Crippen LogP contribution in [0.2, 0.25) is 0 Å². The highest BCUT2D eigenvalue weighted by Gasteiger charge is 2.16. The lowest BCUT2D eigenvalue weighted by molar-refractivity contribution is -0.137. The molecule has 0 aliphatic heterocycles. The topological polar surface area (TPSA) is 101 Å². The smallest absolute Gasteiger partial charge is 0.338 e. The number of hydrogen-bond acceptors (Lipinski definition) is 5. The van der Waals surface area contributed by atoms with Gasteiger partial charge in [0.1, 0.15) is 5.75 Å². The third-order valence-corrected chi connectivity index (χ3v) is 2.23. The van der Waals surface area contributed by atoms with E-state index in [0.717, 1.165) is 0 Å². The van der Waals surface area contributed by atoms with Crippen LogP contribution in [0.5, 0.6) is 5.75 Å². The normalized spacial score (nSPS) is 10.9. The van der Waals surface area contributed by atoms with E-state index in [2.05, 4.69) is 0 Å². The van der Waals surface area contributed by atoms with Gasteiger partial charge in [-0.25, -0.2) is 9.59 Å². The molecular weight excluding hydrogens is 252 g/mol. The molecule has 0 unspecified atom stereocenters. The predicted octanol–water partition coefficient (Wildman–Crippen LogP) is 1.24. The van der Waals surface area contributed by atoms with Crippen LogP contribution in [0.3, 0.4) is 0 Å². The fourth-order valence-corrected chi connectivity index (χ4v) is 1.41. The summed E-state index contributed by atoms with van der Waals surface area (Å²) in [4.78, 5) is 33.1. The van der Waals surface area contributed by atoms with Crippen LogP contribution in [0, 0.1) is 0 Å². The summed E-state index contributed by atoms with van der Waals surface area (Å²) in [5, 5.41) is 18.1. The minimum Gasteiger partial charge on any atom is -0.507 e. The number of carbonyl (C=O) groups excluding carboxylic acids is 2. The summed E-state index contributed by atoms with van der Waals surface area (Å²) in [7, 11) is 0. The Bertz CT molecular complexity index is 544. The van der Waals surface area contributed by atoms with Gasteiger partial charge in [-0.15, -0.1) is 0 Å². The van der Waals surface area contributed by atoms with Gasteiger partial charge >= 0.3 is 11.9 Å². The van der Waals surface area contributed by atoms with E-state index in [1.165, 1.54) is 18.2 Å². The van der Waals surface area contributed by atoms with Crippen molar-refractivity contribution in [3.8, 4) is 5.75 Å². The second kappa shape index (κ2) is 6.34. The summed E-state index contributed by atoms with van der Waals surface area (Å²) in [6, 6.07) is 3.75. The standard InChI is InChI=1S/C13H12O6/c1-2-19-13(18)10(6-12(16)17)8-3-4-11(15)9(5-8)7-14/h3-7,15H,2H2,1H3,(H,16,17). The van der Waals surface area contributed by atoms with E-state index in [1.54, 1.807) is 6.92 Å². The number of phenolic OH excluding ortho intramolecular Hbond substituents is 1. The fourth-order valence-electron chi connectivity index (χ4n) is 1.41. The second-order valence-electron chi connectivity index (χ2n) is 3.51. The van der Waals surface area contributed by atoms with Crippen LogP contribution < -0.4 is 0 Å². The van der Waals surface area contributed by atoms with Crippen LogP contribution in [0.4, 0.5) is 0 Å². The minimum atomic E-state index is -1.32. The first-order valence-corrected chi connectivity index (χ1v) is 5.40. The third-order valence-electron chi connectivity index (χ3n) is 2.23. The monoisotopic (exact) mass is 264 g/mol. The van der Waals surface area contributed by atoms with Gasteiger partial charge in [-0.2, -0.15) is 0 Å². The number of aldehydes is 1. The molecule has 19 heavy (non-hydrogen) atoms. The average molecular weight is 264 g/mol. The van der Waals surface area contributed by atoms with Crippen molar-refractivity contribution < 1.29 is 29.3 Å². The zero-order valence-electron chi connectivity index (χ0n) is 10.1. The minimum absolute atomic E-state index is 0.0434. The van der Waals surface area contributed by atoms with E-state index in [0.29, 0.717) is 12.4 Å². The molecule has 0 saturated carbocycles.